The number of rotatable bonds is 5. The third-order valence-electron chi connectivity index (χ3n) is 6.24. The van der Waals surface area contributed by atoms with Gasteiger partial charge in [-0.2, -0.15) is 0 Å². The van der Waals surface area contributed by atoms with Crippen LogP contribution in [0.15, 0.2) is 16.2 Å². The number of hydrogen-bond acceptors (Lipinski definition) is 5. The van der Waals surface area contributed by atoms with Gasteiger partial charge in [-0.3, -0.25) is 14.2 Å². The number of nitrogens with one attached hydrogen (secondary N) is 1. The number of fused-ring (bicyclic) bond motifs is 3. The van der Waals surface area contributed by atoms with Gasteiger partial charge in [-0.15, -0.1) is 11.3 Å². The molecule has 0 spiro atoms. The molecule has 0 saturated carbocycles. The van der Waals surface area contributed by atoms with Crippen molar-refractivity contribution in [1.82, 2.24) is 14.8 Å². The van der Waals surface area contributed by atoms with Gasteiger partial charge in [0.2, 0.25) is 0 Å². The van der Waals surface area contributed by atoms with Crippen molar-refractivity contribution in [2.24, 2.45) is 0 Å². The van der Waals surface area contributed by atoms with Crippen LogP contribution in [0.4, 0.5) is 0 Å². The van der Waals surface area contributed by atoms with Crippen molar-refractivity contribution in [3.05, 3.63) is 27.4 Å². The topological polar surface area (TPSA) is 74.6 Å². The van der Waals surface area contributed by atoms with E-state index in [1.165, 1.54) is 24.2 Å². The fourth-order valence-corrected chi connectivity index (χ4v) is 5.59. The van der Waals surface area contributed by atoms with Crippen LogP contribution in [0.3, 0.4) is 0 Å². The van der Waals surface area contributed by atoms with Gasteiger partial charge >= 0.3 is 0 Å². The molecule has 0 aromatic carbocycles. The average Bonchev–Trinajstić information content (AvgIpc) is 3.18. The summed E-state index contributed by atoms with van der Waals surface area (Å²) < 4.78 is 1.65. The minimum absolute atomic E-state index is 0.0623. The number of aromatic nitrogens is 1. The summed E-state index contributed by atoms with van der Waals surface area (Å²) in [6, 6.07) is 2.85. The van der Waals surface area contributed by atoms with E-state index in [0.29, 0.717) is 24.0 Å². The van der Waals surface area contributed by atoms with Crippen LogP contribution in [0.1, 0.15) is 55.8 Å². The third-order valence-corrected chi connectivity index (χ3v) is 7.17. The molecule has 2 aromatic rings. The molecule has 2 aliphatic heterocycles. The first-order chi connectivity index (χ1) is 13.0. The highest BCUT2D eigenvalue weighted by Gasteiger charge is 2.39. The van der Waals surface area contributed by atoms with Crippen LogP contribution in [0.25, 0.3) is 10.2 Å². The summed E-state index contributed by atoms with van der Waals surface area (Å²) in [5.41, 5.74) is -0.493. The number of aromatic hydroxyl groups is 1. The number of aryl methyl sites for hydroxylation is 1. The number of hydrogen-bond donors (Lipinski definition) is 2. The van der Waals surface area contributed by atoms with E-state index in [0.717, 1.165) is 30.5 Å². The van der Waals surface area contributed by atoms with E-state index in [9.17, 15) is 14.7 Å². The number of amides is 1. The van der Waals surface area contributed by atoms with Crippen molar-refractivity contribution in [2.45, 2.75) is 70.1 Å². The first kappa shape index (κ1) is 18.5. The number of piperidine rings is 1. The minimum atomic E-state index is -0.440. The van der Waals surface area contributed by atoms with Gasteiger partial charge in [-0.1, -0.05) is 13.3 Å². The zero-order valence-electron chi connectivity index (χ0n) is 15.9. The van der Waals surface area contributed by atoms with Crippen LogP contribution in [-0.2, 0) is 6.54 Å². The molecule has 0 aliphatic carbocycles. The number of nitrogens with zero attached hydrogens (tertiary/aromatic N) is 2. The molecule has 2 saturated heterocycles. The van der Waals surface area contributed by atoms with Gasteiger partial charge in [-0.25, -0.2) is 0 Å². The van der Waals surface area contributed by atoms with Crippen LogP contribution in [0, 0.1) is 0 Å². The Kier molecular flexibility index (Phi) is 4.99. The van der Waals surface area contributed by atoms with Gasteiger partial charge in [0.25, 0.3) is 11.5 Å². The predicted molar refractivity (Wildman–Crippen MR) is 108 cm³/mol. The Morgan fingerprint density at radius 1 is 1.33 bits per heavy atom. The molecule has 2 unspecified atom stereocenters. The van der Waals surface area contributed by atoms with Crippen molar-refractivity contribution in [1.29, 1.82) is 0 Å². The lowest BCUT2D eigenvalue weighted by Gasteiger charge is -2.36. The van der Waals surface area contributed by atoms with E-state index in [-0.39, 0.29) is 22.9 Å². The largest absolute Gasteiger partial charge is 0.506 e. The smallest absolute Gasteiger partial charge is 0.268 e. The zero-order chi connectivity index (χ0) is 19.1. The monoisotopic (exact) mass is 389 g/mol. The molecule has 2 atom stereocenters. The highest BCUT2D eigenvalue weighted by Crippen LogP contribution is 2.35. The Labute approximate surface area is 162 Å². The molecule has 7 heteroatoms. The van der Waals surface area contributed by atoms with Gasteiger partial charge in [0.05, 0.1) is 5.39 Å². The minimum Gasteiger partial charge on any atom is -0.506 e. The number of thiophene rings is 1. The molecule has 1 amide bonds. The van der Waals surface area contributed by atoms with Crippen molar-refractivity contribution in [3.8, 4) is 5.75 Å². The molecule has 0 radical (unpaired) electrons. The van der Waals surface area contributed by atoms with E-state index in [4.69, 9.17) is 0 Å². The van der Waals surface area contributed by atoms with Crippen LogP contribution < -0.4 is 10.9 Å². The summed E-state index contributed by atoms with van der Waals surface area (Å²) in [6.45, 7) is 2.63. The molecule has 4 rings (SSSR count). The summed E-state index contributed by atoms with van der Waals surface area (Å²) in [6.07, 6.45) is 5.97. The Morgan fingerprint density at radius 3 is 2.70 bits per heavy atom. The van der Waals surface area contributed by atoms with Crippen molar-refractivity contribution >= 4 is 27.5 Å². The average molecular weight is 390 g/mol. The molecule has 6 nitrogen and oxygen atoms in total. The number of pyridine rings is 1. The molecule has 2 aromatic heterocycles. The lowest BCUT2D eigenvalue weighted by Crippen LogP contribution is -2.49. The standard InChI is InChI=1S/C20H27N3O3S/c1-3-4-8-23-19(26)16(17(24)15-7-9-27-20(15)23)18(25)21-12-10-13-5-6-14(11-12)22(13)2/h7,9,12-14,24H,3-6,8,10-11H2,1-2H3,(H,21,25). The first-order valence-corrected chi connectivity index (χ1v) is 10.7. The maximum absolute atomic E-state index is 13.0. The lowest BCUT2D eigenvalue weighted by atomic mass is 9.97. The normalized spacial score (nSPS) is 25.2. The molecule has 146 valence electrons. The maximum atomic E-state index is 13.0. The molecular formula is C20H27N3O3S. The summed E-state index contributed by atoms with van der Waals surface area (Å²) in [5.74, 6) is -0.623. The van der Waals surface area contributed by atoms with Gasteiger partial charge in [-0.05, 0) is 50.6 Å². The Balaban J connectivity index is 1.64. The van der Waals surface area contributed by atoms with Crippen LogP contribution >= 0.6 is 11.3 Å². The highest BCUT2D eigenvalue weighted by molar-refractivity contribution is 7.16. The van der Waals surface area contributed by atoms with Gasteiger partial charge in [0, 0.05) is 24.7 Å². The molecule has 2 fully saturated rings. The fourth-order valence-electron chi connectivity index (χ4n) is 4.66. The first-order valence-electron chi connectivity index (χ1n) is 9.87. The van der Waals surface area contributed by atoms with Crippen LogP contribution in [-0.4, -0.2) is 45.7 Å². The van der Waals surface area contributed by atoms with Crippen LogP contribution in [0.5, 0.6) is 5.75 Å². The maximum Gasteiger partial charge on any atom is 0.268 e. The second-order valence-corrected chi connectivity index (χ2v) is 8.76. The molecule has 2 aliphatic rings. The highest BCUT2D eigenvalue weighted by atomic mass is 32.1. The zero-order valence-corrected chi connectivity index (χ0v) is 16.7. The SMILES string of the molecule is CCCCn1c(=O)c(C(=O)NC2CC3CCC(C2)N3C)c(O)c2ccsc21. The summed E-state index contributed by atoms with van der Waals surface area (Å²) in [4.78, 5) is 29.1. The van der Waals surface area contributed by atoms with Crippen LogP contribution in [0.2, 0.25) is 0 Å². The summed E-state index contributed by atoms with van der Waals surface area (Å²) >= 11 is 1.42. The Hall–Kier alpha value is -1.86. The quantitative estimate of drug-likeness (QED) is 0.825. The molecular weight excluding hydrogens is 362 g/mol. The van der Waals surface area contributed by atoms with E-state index in [1.54, 1.807) is 10.6 Å². The molecule has 27 heavy (non-hydrogen) atoms. The van der Waals surface area contributed by atoms with Gasteiger partial charge in [0.15, 0.2) is 0 Å². The Morgan fingerprint density at radius 2 is 2.04 bits per heavy atom. The second kappa shape index (κ2) is 7.28. The molecule has 2 bridgehead atoms. The fraction of sp³-hybridized carbons (Fsp3) is 0.600. The summed E-state index contributed by atoms with van der Waals surface area (Å²) in [7, 11) is 2.16. The molecule has 4 heterocycles. The van der Waals surface area contributed by atoms with E-state index in [1.807, 2.05) is 5.38 Å². The van der Waals surface area contributed by atoms with Crippen molar-refractivity contribution in [3.63, 3.8) is 0 Å². The van der Waals surface area contributed by atoms with E-state index in [2.05, 4.69) is 24.2 Å². The van der Waals surface area contributed by atoms with E-state index < -0.39 is 5.91 Å². The second-order valence-electron chi connectivity index (χ2n) is 7.87. The van der Waals surface area contributed by atoms with Crippen molar-refractivity contribution < 1.29 is 9.90 Å². The lowest BCUT2D eigenvalue weighted by molar-refractivity contribution is 0.0878. The Bertz CT molecular complexity index is 905. The number of carbonyl (C=O) groups excluding carboxylic acids is 1. The van der Waals surface area contributed by atoms with Gasteiger partial charge < -0.3 is 15.3 Å². The van der Waals surface area contributed by atoms with E-state index >= 15 is 0 Å². The van der Waals surface area contributed by atoms with Crippen molar-refractivity contribution in [2.75, 3.05) is 7.05 Å². The predicted octanol–water partition coefficient (Wildman–Crippen LogP) is 2.92. The number of carbonyl (C=O) groups is 1. The molecule has 2 N–H and O–H groups in total. The number of unbranched alkanes of at least 4 members (excludes halogenated alkanes) is 1. The van der Waals surface area contributed by atoms with Gasteiger partial charge in [0.1, 0.15) is 16.1 Å². The summed E-state index contributed by atoms with van der Waals surface area (Å²) in [5, 5.41) is 16.1. The third kappa shape index (κ3) is 3.17.